The Morgan fingerprint density at radius 1 is 1.73 bits per heavy atom. The van der Waals surface area contributed by atoms with Gasteiger partial charge in [-0.05, 0) is 20.3 Å². The van der Waals surface area contributed by atoms with Gasteiger partial charge in [-0.15, -0.1) is 0 Å². The predicted octanol–water partition coefficient (Wildman–Crippen LogP) is 0.121. The Hall–Kier alpha value is -0.120. The third-order valence-electron chi connectivity index (χ3n) is 2.56. The first-order valence-corrected chi connectivity index (χ1v) is 4.09. The normalized spacial score (nSPS) is 37.1. The first kappa shape index (κ1) is 8.97. The van der Waals surface area contributed by atoms with Crippen LogP contribution in [0.3, 0.4) is 0 Å². The number of hydrogen-bond donors (Lipinski definition) is 2. The molecule has 1 aliphatic heterocycles. The molecule has 0 aromatic rings. The number of aliphatic hydroxyl groups excluding tert-OH is 1. The Morgan fingerprint density at radius 3 is 2.73 bits per heavy atom. The lowest BCUT2D eigenvalue weighted by Gasteiger charge is -2.31. The van der Waals surface area contributed by atoms with E-state index in [0.29, 0.717) is 5.92 Å². The first-order chi connectivity index (χ1) is 5.08. The molecule has 0 aromatic carbocycles. The molecule has 11 heavy (non-hydrogen) atoms. The molecule has 3 unspecified atom stereocenters. The molecule has 1 saturated heterocycles. The largest absolute Gasteiger partial charge is 0.394 e. The van der Waals surface area contributed by atoms with E-state index in [4.69, 9.17) is 15.6 Å². The molecular weight excluding hydrogens is 142 g/mol. The van der Waals surface area contributed by atoms with Gasteiger partial charge in [0, 0.05) is 18.1 Å². The number of hydrogen-bond acceptors (Lipinski definition) is 3. The standard InChI is InChI=1S/C8H17NO2/c1-6-7(3-4-11-6)8(2,9)5-10/h6-7,10H,3-5,9H2,1-2H3. The molecule has 0 aliphatic carbocycles. The van der Waals surface area contributed by atoms with E-state index in [9.17, 15) is 0 Å². The molecule has 1 aliphatic rings. The van der Waals surface area contributed by atoms with E-state index in [1.54, 1.807) is 0 Å². The highest BCUT2D eigenvalue weighted by Gasteiger charge is 2.37. The second-order valence-electron chi connectivity index (χ2n) is 3.64. The van der Waals surface area contributed by atoms with Gasteiger partial charge in [-0.2, -0.15) is 0 Å². The number of ether oxygens (including phenoxy) is 1. The van der Waals surface area contributed by atoms with Crippen molar-refractivity contribution in [2.75, 3.05) is 13.2 Å². The first-order valence-electron chi connectivity index (χ1n) is 4.09. The van der Waals surface area contributed by atoms with Crippen LogP contribution in [-0.4, -0.2) is 30.0 Å². The maximum atomic E-state index is 8.99. The van der Waals surface area contributed by atoms with Crippen LogP contribution in [-0.2, 0) is 4.74 Å². The summed E-state index contributed by atoms with van der Waals surface area (Å²) in [5.74, 6) is 0.299. The van der Waals surface area contributed by atoms with Crippen molar-refractivity contribution in [3.05, 3.63) is 0 Å². The minimum atomic E-state index is -0.476. The topological polar surface area (TPSA) is 55.5 Å². The fourth-order valence-corrected chi connectivity index (χ4v) is 1.71. The number of rotatable bonds is 2. The van der Waals surface area contributed by atoms with Crippen molar-refractivity contribution in [2.45, 2.75) is 31.9 Å². The van der Waals surface area contributed by atoms with E-state index in [1.807, 2.05) is 13.8 Å². The zero-order chi connectivity index (χ0) is 8.48. The molecule has 0 amide bonds. The summed E-state index contributed by atoms with van der Waals surface area (Å²) in [6, 6.07) is 0. The number of nitrogens with two attached hydrogens (primary N) is 1. The zero-order valence-corrected chi connectivity index (χ0v) is 7.21. The molecule has 1 fully saturated rings. The summed E-state index contributed by atoms with van der Waals surface area (Å²) in [4.78, 5) is 0. The van der Waals surface area contributed by atoms with E-state index in [2.05, 4.69) is 0 Å². The molecule has 0 aromatic heterocycles. The van der Waals surface area contributed by atoms with Crippen molar-refractivity contribution < 1.29 is 9.84 Å². The summed E-state index contributed by atoms with van der Waals surface area (Å²) in [6.45, 7) is 4.70. The summed E-state index contributed by atoms with van der Waals surface area (Å²) < 4.78 is 5.36. The maximum absolute atomic E-state index is 8.99. The van der Waals surface area contributed by atoms with Gasteiger partial charge in [-0.25, -0.2) is 0 Å². The molecule has 0 radical (unpaired) electrons. The fraction of sp³-hybridized carbons (Fsp3) is 1.00. The van der Waals surface area contributed by atoms with Gasteiger partial charge in [0.2, 0.25) is 0 Å². The predicted molar refractivity (Wildman–Crippen MR) is 43.2 cm³/mol. The molecule has 1 heterocycles. The van der Waals surface area contributed by atoms with Crippen LogP contribution in [0.2, 0.25) is 0 Å². The van der Waals surface area contributed by atoms with Crippen LogP contribution in [0.1, 0.15) is 20.3 Å². The molecule has 3 nitrogen and oxygen atoms in total. The van der Waals surface area contributed by atoms with E-state index < -0.39 is 5.54 Å². The quantitative estimate of drug-likeness (QED) is 0.601. The monoisotopic (exact) mass is 159 g/mol. The Balaban J connectivity index is 2.58. The second-order valence-corrected chi connectivity index (χ2v) is 3.64. The summed E-state index contributed by atoms with van der Waals surface area (Å²) >= 11 is 0. The lowest BCUT2D eigenvalue weighted by Crippen LogP contribution is -2.50. The van der Waals surface area contributed by atoms with Crippen LogP contribution in [0.4, 0.5) is 0 Å². The summed E-state index contributed by atoms with van der Waals surface area (Å²) in [7, 11) is 0. The minimum Gasteiger partial charge on any atom is -0.394 e. The van der Waals surface area contributed by atoms with Crippen LogP contribution in [0.15, 0.2) is 0 Å². The molecule has 3 N–H and O–H groups in total. The second kappa shape index (κ2) is 3.09. The van der Waals surface area contributed by atoms with Crippen LogP contribution in [0.5, 0.6) is 0 Å². The molecule has 0 saturated carbocycles. The number of aliphatic hydroxyl groups is 1. The van der Waals surface area contributed by atoms with E-state index in [-0.39, 0.29) is 12.7 Å². The summed E-state index contributed by atoms with van der Waals surface area (Å²) in [6.07, 6.45) is 1.16. The van der Waals surface area contributed by atoms with Crippen molar-refractivity contribution in [1.82, 2.24) is 0 Å². The summed E-state index contributed by atoms with van der Waals surface area (Å²) in [5, 5.41) is 8.99. The maximum Gasteiger partial charge on any atom is 0.0612 e. The average molecular weight is 159 g/mol. The zero-order valence-electron chi connectivity index (χ0n) is 7.21. The highest BCUT2D eigenvalue weighted by Crippen LogP contribution is 2.28. The molecule has 3 heteroatoms. The van der Waals surface area contributed by atoms with E-state index in [0.717, 1.165) is 13.0 Å². The fourth-order valence-electron chi connectivity index (χ4n) is 1.71. The highest BCUT2D eigenvalue weighted by molar-refractivity contribution is 4.92. The van der Waals surface area contributed by atoms with Crippen molar-refractivity contribution in [1.29, 1.82) is 0 Å². The Bertz CT molecular complexity index is 136. The third-order valence-corrected chi connectivity index (χ3v) is 2.56. The molecule has 66 valence electrons. The van der Waals surface area contributed by atoms with Crippen molar-refractivity contribution >= 4 is 0 Å². The van der Waals surface area contributed by atoms with Crippen LogP contribution in [0, 0.1) is 5.92 Å². The van der Waals surface area contributed by atoms with E-state index in [1.165, 1.54) is 0 Å². The summed E-state index contributed by atoms with van der Waals surface area (Å²) in [5.41, 5.74) is 5.41. The van der Waals surface area contributed by atoms with Crippen LogP contribution in [0.25, 0.3) is 0 Å². The molecular formula is C8H17NO2. The lowest BCUT2D eigenvalue weighted by molar-refractivity contribution is 0.0663. The van der Waals surface area contributed by atoms with Gasteiger partial charge in [0.15, 0.2) is 0 Å². The highest BCUT2D eigenvalue weighted by atomic mass is 16.5. The molecule has 0 spiro atoms. The minimum absolute atomic E-state index is 0.0331. The van der Waals surface area contributed by atoms with Crippen LogP contribution < -0.4 is 5.73 Å². The third kappa shape index (κ3) is 1.72. The SMILES string of the molecule is CC1OCCC1C(C)(N)CO. The van der Waals surface area contributed by atoms with Crippen molar-refractivity contribution in [3.8, 4) is 0 Å². The Kier molecular flexibility index (Phi) is 2.52. The van der Waals surface area contributed by atoms with Gasteiger partial charge in [0.1, 0.15) is 0 Å². The Labute approximate surface area is 67.5 Å². The van der Waals surface area contributed by atoms with Crippen molar-refractivity contribution in [3.63, 3.8) is 0 Å². The Morgan fingerprint density at radius 2 is 2.36 bits per heavy atom. The van der Waals surface area contributed by atoms with Crippen molar-refractivity contribution in [2.24, 2.45) is 11.7 Å². The molecule has 0 bridgehead atoms. The van der Waals surface area contributed by atoms with Gasteiger partial charge in [-0.1, -0.05) is 0 Å². The van der Waals surface area contributed by atoms with Gasteiger partial charge in [-0.3, -0.25) is 0 Å². The van der Waals surface area contributed by atoms with Gasteiger partial charge >= 0.3 is 0 Å². The van der Waals surface area contributed by atoms with Gasteiger partial charge < -0.3 is 15.6 Å². The van der Waals surface area contributed by atoms with E-state index >= 15 is 0 Å². The molecule has 3 atom stereocenters. The molecule has 1 rings (SSSR count). The average Bonchev–Trinajstić information content (AvgIpc) is 2.36. The van der Waals surface area contributed by atoms with Gasteiger partial charge in [0.25, 0.3) is 0 Å². The van der Waals surface area contributed by atoms with Crippen LogP contribution >= 0.6 is 0 Å². The van der Waals surface area contributed by atoms with Gasteiger partial charge in [0.05, 0.1) is 12.7 Å². The smallest absolute Gasteiger partial charge is 0.0612 e. The lowest BCUT2D eigenvalue weighted by atomic mass is 9.83.